The van der Waals surface area contributed by atoms with E-state index < -0.39 is 5.97 Å². The maximum atomic E-state index is 12.0. The van der Waals surface area contributed by atoms with Gasteiger partial charge in [-0.15, -0.1) is 0 Å². The molecular formula is C19H17NO4. The molecule has 0 aliphatic rings. The molecule has 0 amide bonds. The molecule has 122 valence electrons. The van der Waals surface area contributed by atoms with E-state index in [0.717, 1.165) is 16.3 Å². The van der Waals surface area contributed by atoms with Crippen molar-refractivity contribution in [1.82, 2.24) is 4.98 Å². The first-order valence-electron chi connectivity index (χ1n) is 7.38. The number of aromatic nitrogens is 1. The summed E-state index contributed by atoms with van der Waals surface area (Å²) in [6.45, 7) is 0. The molecule has 1 heterocycles. The molecule has 0 bridgehead atoms. The van der Waals surface area contributed by atoms with Crippen molar-refractivity contribution in [2.45, 2.75) is 0 Å². The Bertz CT molecular complexity index is 891. The molecule has 5 nitrogen and oxygen atoms in total. The number of carbonyl (C=O) groups excluding carboxylic acids is 1. The number of hydrogen-bond donors (Lipinski definition) is 0. The summed E-state index contributed by atoms with van der Waals surface area (Å²) in [5.41, 5.74) is 1.84. The third-order valence-corrected chi connectivity index (χ3v) is 3.78. The smallest absolute Gasteiger partial charge is 0.356 e. The molecule has 0 unspecified atom stereocenters. The highest BCUT2D eigenvalue weighted by Gasteiger charge is 2.16. The van der Waals surface area contributed by atoms with E-state index in [9.17, 15) is 4.79 Å². The number of carbonyl (C=O) groups is 1. The number of rotatable bonds is 4. The molecule has 0 radical (unpaired) electrons. The van der Waals surface area contributed by atoms with Crippen molar-refractivity contribution in [2.24, 2.45) is 0 Å². The van der Waals surface area contributed by atoms with Crippen molar-refractivity contribution in [3.63, 3.8) is 0 Å². The van der Waals surface area contributed by atoms with Gasteiger partial charge in [0.05, 0.1) is 27.0 Å². The zero-order chi connectivity index (χ0) is 17.1. The summed E-state index contributed by atoms with van der Waals surface area (Å²) >= 11 is 0. The number of fused-ring (bicyclic) bond motifs is 1. The fourth-order valence-electron chi connectivity index (χ4n) is 2.60. The SMILES string of the molecule is COC(=O)c1cc2cc(OC)c(OC)cc2c(-c2ccccc2)n1. The molecular weight excluding hydrogens is 306 g/mol. The second-order valence-corrected chi connectivity index (χ2v) is 5.14. The third kappa shape index (κ3) is 2.76. The molecule has 1 aromatic heterocycles. The monoisotopic (exact) mass is 323 g/mol. The molecule has 0 saturated carbocycles. The lowest BCUT2D eigenvalue weighted by molar-refractivity contribution is 0.0594. The van der Waals surface area contributed by atoms with E-state index in [2.05, 4.69) is 4.98 Å². The van der Waals surface area contributed by atoms with Crippen molar-refractivity contribution in [3.8, 4) is 22.8 Å². The van der Waals surface area contributed by atoms with Crippen molar-refractivity contribution in [1.29, 1.82) is 0 Å². The van der Waals surface area contributed by atoms with Crippen molar-refractivity contribution >= 4 is 16.7 Å². The molecule has 5 heteroatoms. The Morgan fingerprint density at radius 3 is 2.21 bits per heavy atom. The topological polar surface area (TPSA) is 57.7 Å². The van der Waals surface area contributed by atoms with Gasteiger partial charge in [0.25, 0.3) is 0 Å². The van der Waals surface area contributed by atoms with Crippen LogP contribution in [0.25, 0.3) is 22.0 Å². The number of hydrogen-bond acceptors (Lipinski definition) is 5. The minimum atomic E-state index is -0.483. The van der Waals surface area contributed by atoms with Crippen molar-refractivity contribution < 1.29 is 19.0 Å². The molecule has 0 aliphatic carbocycles. The average molecular weight is 323 g/mol. The predicted molar refractivity (Wildman–Crippen MR) is 91.6 cm³/mol. The van der Waals surface area contributed by atoms with Crippen molar-refractivity contribution in [2.75, 3.05) is 21.3 Å². The van der Waals surface area contributed by atoms with Gasteiger partial charge < -0.3 is 14.2 Å². The average Bonchev–Trinajstić information content (AvgIpc) is 2.65. The van der Waals surface area contributed by atoms with Gasteiger partial charge in [0, 0.05) is 10.9 Å². The molecule has 2 aromatic carbocycles. The van der Waals surface area contributed by atoms with Crippen molar-refractivity contribution in [3.05, 3.63) is 54.2 Å². The number of esters is 1. The second kappa shape index (κ2) is 6.58. The summed E-state index contributed by atoms with van der Waals surface area (Å²) in [4.78, 5) is 16.5. The van der Waals surface area contributed by atoms with E-state index in [1.54, 1.807) is 20.3 Å². The van der Waals surface area contributed by atoms with E-state index >= 15 is 0 Å². The van der Waals surface area contributed by atoms with Crippen LogP contribution in [0.3, 0.4) is 0 Å². The molecule has 0 saturated heterocycles. The largest absolute Gasteiger partial charge is 0.493 e. The van der Waals surface area contributed by atoms with Gasteiger partial charge >= 0.3 is 5.97 Å². The van der Waals surface area contributed by atoms with Crippen LogP contribution in [0.5, 0.6) is 11.5 Å². The van der Waals surface area contributed by atoms with Crippen LogP contribution in [0.1, 0.15) is 10.5 Å². The van der Waals surface area contributed by atoms with Gasteiger partial charge in [0.15, 0.2) is 11.5 Å². The molecule has 0 N–H and O–H groups in total. The Balaban J connectivity index is 2.35. The molecule has 3 rings (SSSR count). The number of benzene rings is 2. The van der Waals surface area contributed by atoms with Gasteiger partial charge in [0.2, 0.25) is 0 Å². The normalized spacial score (nSPS) is 10.5. The fraction of sp³-hybridized carbons (Fsp3) is 0.158. The highest BCUT2D eigenvalue weighted by Crippen LogP contribution is 2.36. The second-order valence-electron chi connectivity index (χ2n) is 5.14. The highest BCUT2D eigenvalue weighted by molar-refractivity contribution is 6.01. The third-order valence-electron chi connectivity index (χ3n) is 3.78. The molecule has 0 fully saturated rings. The maximum Gasteiger partial charge on any atom is 0.356 e. The van der Waals surface area contributed by atoms with Crippen LogP contribution in [-0.4, -0.2) is 32.3 Å². The summed E-state index contributed by atoms with van der Waals surface area (Å²) in [5, 5.41) is 1.69. The molecule has 3 aromatic rings. The summed E-state index contributed by atoms with van der Waals surface area (Å²) in [7, 11) is 4.50. The Labute approximate surface area is 139 Å². The predicted octanol–water partition coefficient (Wildman–Crippen LogP) is 3.71. The van der Waals surface area contributed by atoms with Crippen LogP contribution >= 0.6 is 0 Å². The van der Waals surface area contributed by atoms with Crippen LogP contribution in [-0.2, 0) is 4.74 Å². The van der Waals surface area contributed by atoms with E-state index in [1.165, 1.54) is 7.11 Å². The first-order valence-corrected chi connectivity index (χ1v) is 7.38. The first kappa shape index (κ1) is 15.8. The molecule has 24 heavy (non-hydrogen) atoms. The summed E-state index contributed by atoms with van der Waals surface area (Å²) < 4.78 is 15.6. The van der Waals surface area contributed by atoms with E-state index in [4.69, 9.17) is 14.2 Å². The lowest BCUT2D eigenvalue weighted by atomic mass is 10.0. The molecule has 0 atom stereocenters. The molecule has 0 aliphatic heterocycles. The Morgan fingerprint density at radius 1 is 0.917 bits per heavy atom. The van der Waals surface area contributed by atoms with Crippen LogP contribution in [0.2, 0.25) is 0 Å². The van der Waals surface area contributed by atoms with Gasteiger partial charge in [-0.1, -0.05) is 30.3 Å². The Hall–Kier alpha value is -3.08. The van der Waals surface area contributed by atoms with Gasteiger partial charge in [-0.25, -0.2) is 9.78 Å². The lowest BCUT2D eigenvalue weighted by Crippen LogP contribution is -2.05. The number of pyridine rings is 1. The van der Waals surface area contributed by atoms with Crippen LogP contribution in [0.15, 0.2) is 48.5 Å². The first-order chi connectivity index (χ1) is 11.7. The maximum absolute atomic E-state index is 12.0. The van der Waals surface area contributed by atoms with Crippen LogP contribution < -0.4 is 9.47 Å². The minimum absolute atomic E-state index is 0.246. The lowest BCUT2D eigenvalue weighted by Gasteiger charge is -2.13. The standard InChI is InChI=1S/C19H17NO4/c1-22-16-10-13-9-15(19(21)24-3)20-18(12-7-5-4-6-8-12)14(13)11-17(16)23-2/h4-11H,1-3H3. The van der Waals surface area contributed by atoms with Gasteiger partial charge in [-0.3, -0.25) is 0 Å². The Morgan fingerprint density at radius 2 is 1.58 bits per heavy atom. The summed E-state index contributed by atoms with van der Waals surface area (Å²) in [5.74, 6) is 0.713. The van der Waals surface area contributed by atoms with Gasteiger partial charge in [-0.05, 0) is 23.6 Å². The summed E-state index contributed by atoms with van der Waals surface area (Å²) in [6.07, 6.45) is 0. The fourth-order valence-corrected chi connectivity index (χ4v) is 2.60. The van der Waals surface area contributed by atoms with E-state index in [-0.39, 0.29) is 5.69 Å². The van der Waals surface area contributed by atoms with Gasteiger partial charge in [0.1, 0.15) is 5.69 Å². The zero-order valence-corrected chi connectivity index (χ0v) is 13.7. The number of ether oxygens (including phenoxy) is 3. The Kier molecular flexibility index (Phi) is 4.33. The number of nitrogens with zero attached hydrogens (tertiary/aromatic N) is 1. The van der Waals surface area contributed by atoms with Gasteiger partial charge in [-0.2, -0.15) is 0 Å². The van der Waals surface area contributed by atoms with E-state index in [0.29, 0.717) is 17.2 Å². The van der Waals surface area contributed by atoms with E-state index in [1.807, 2.05) is 42.5 Å². The quantitative estimate of drug-likeness (QED) is 0.685. The number of methoxy groups -OCH3 is 3. The highest BCUT2D eigenvalue weighted by atomic mass is 16.5. The van der Waals surface area contributed by atoms with Crippen LogP contribution in [0, 0.1) is 0 Å². The minimum Gasteiger partial charge on any atom is -0.493 e. The summed E-state index contributed by atoms with van der Waals surface area (Å²) in [6, 6.07) is 15.1. The zero-order valence-electron chi connectivity index (χ0n) is 13.7. The van der Waals surface area contributed by atoms with Crippen LogP contribution in [0.4, 0.5) is 0 Å². The molecule has 0 spiro atoms.